The van der Waals surface area contributed by atoms with Crippen LogP contribution < -0.4 is 9.64 Å². The van der Waals surface area contributed by atoms with E-state index in [1.54, 1.807) is 12.3 Å². The number of aldehydes is 1. The minimum atomic E-state index is 0.340. The highest BCUT2D eigenvalue weighted by Gasteiger charge is 2.25. The van der Waals surface area contributed by atoms with Gasteiger partial charge in [0.25, 0.3) is 0 Å². The van der Waals surface area contributed by atoms with Crippen molar-refractivity contribution in [1.29, 1.82) is 0 Å². The molecular formula is C11H14N2O2. The number of anilines is 1. The van der Waals surface area contributed by atoms with E-state index in [9.17, 15) is 4.79 Å². The predicted molar refractivity (Wildman–Crippen MR) is 57.6 cm³/mol. The van der Waals surface area contributed by atoms with Crippen LogP contribution in [-0.4, -0.2) is 31.5 Å². The fourth-order valence-electron chi connectivity index (χ4n) is 1.32. The van der Waals surface area contributed by atoms with E-state index in [-0.39, 0.29) is 0 Å². The Labute approximate surface area is 88.9 Å². The Kier molecular flexibility index (Phi) is 2.58. The summed E-state index contributed by atoms with van der Waals surface area (Å²) in [6, 6.07) is 1.74. The molecule has 80 valence electrons. The first-order chi connectivity index (χ1) is 7.20. The first kappa shape index (κ1) is 9.96. The molecule has 2 rings (SSSR count). The Morgan fingerprint density at radius 3 is 2.80 bits per heavy atom. The number of aromatic nitrogens is 1. The number of carbonyl (C=O) groups excluding carboxylic acids is 1. The molecule has 1 aromatic rings. The van der Waals surface area contributed by atoms with Crippen molar-refractivity contribution < 1.29 is 9.53 Å². The molecular weight excluding hydrogens is 192 g/mol. The van der Waals surface area contributed by atoms with E-state index >= 15 is 0 Å². The molecule has 1 aliphatic rings. The second-order valence-electron chi connectivity index (χ2n) is 3.91. The summed E-state index contributed by atoms with van der Waals surface area (Å²) in [7, 11) is 3.84. The second kappa shape index (κ2) is 3.88. The Bertz CT molecular complexity index is 373. The highest BCUT2D eigenvalue weighted by Crippen LogP contribution is 2.32. The molecule has 4 heteroatoms. The summed E-state index contributed by atoms with van der Waals surface area (Å²) in [6.07, 6.45) is 4.93. The molecule has 4 nitrogen and oxygen atoms in total. The van der Waals surface area contributed by atoms with E-state index in [2.05, 4.69) is 4.98 Å². The van der Waals surface area contributed by atoms with Gasteiger partial charge in [-0.3, -0.25) is 4.79 Å². The summed E-state index contributed by atoms with van der Waals surface area (Å²) in [5.74, 6) is 0.758. The first-order valence-electron chi connectivity index (χ1n) is 5.00. The van der Waals surface area contributed by atoms with E-state index in [1.165, 1.54) is 0 Å². The number of pyridine rings is 1. The summed E-state index contributed by atoms with van der Waals surface area (Å²) in [6.45, 7) is 0. The minimum absolute atomic E-state index is 0.340. The highest BCUT2D eigenvalue weighted by molar-refractivity contribution is 5.75. The van der Waals surface area contributed by atoms with Crippen LogP contribution in [-0.2, 0) is 0 Å². The summed E-state index contributed by atoms with van der Waals surface area (Å²) in [4.78, 5) is 16.5. The molecule has 1 heterocycles. The third-order valence-corrected chi connectivity index (χ3v) is 2.29. The van der Waals surface area contributed by atoms with Crippen molar-refractivity contribution in [2.45, 2.75) is 18.9 Å². The summed E-state index contributed by atoms with van der Waals surface area (Å²) >= 11 is 0. The van der Waals surface area contributed by atoms with Crippen LogP contribution in [0.2, 0.25) is 0 Å². The van der Waals surface area contributed by atoms with Gasteiger partial charge in [-0.1, -0.05) is 0 Å². The number of carbonyl (C=O) groups is 1. The highest BCUT2D eigenvalue weighted by atomic mass is 16.5. The molecule has 0 aliphatic heterocycles. The number of hydrogen-bond acceptors (Lipinski definition) is 4. The fourth-order valence-corrected chi connectivity index (χ4v) is 1.32. The summed E-state index contributed by atoms with van der Waals surface area (Å²) in [5, 5.41) is 0. The molecule has 1 fully saturated rings. The van der Waals surface area contributed by atoms with E-state index in [0.29, 0.717) is 11.8 Å². The van der Waals surface area contributed by atoms with Gasteiger partial charge in [-0.15, -0.1) is 0 Å². The van der Waals surface area contributed by atoms with Gasteiger partial charge in [0, 0.05) is 14.1 Å². The van der Waals surface area contributed by atoms with Crippen molar-refractivity contribution in [2.24, 2.45) is 0 Å². The topological polar surface area (TPSA) is 42.4 Å². The first-order valence-corrected chi connectivity index (χ1v) is 5.00. The van der Waals surface area contributed by atoms with Gasteiger partial charge in [-0.05, 0) is 18.9 Å². The predicted octanol–water partition coefficient (Wildman–Crippen LogP) is 1.50. The van der Waals surface area contributed by atoms with Gasteiger partial charge in [0.15, 0.2) is 12.0 Å². The second-order valence-corrected chi connectivity index (χ2v) is 3.91. The quantitative estimate of drug-likeness (QED) is 0.700. The lowest BCUT2D eigenvalue weighted by molar-refractivity contribution is 0.111. The van der Waals surface area contributed by atoms with E-state index in [1.807, 2.05) is 19.0 Å². The van der Waals surface area contributed by atoms with Gasteiger partial charge in [0.2, 0.25) is 0 Å². The Morgan fingerprint density at radius 2 is 2.27 bits per heavy atom. The van der Waals surface area contributed by atoms with Crippen LogP contribution in [0.15, 0.2) is 12.3 Å². The molecule has 0 spiro atoms. The van der Waals surface area contributed by atoms with E-state index in [0.717, 1.165) is 30.6 Å². The zero-order valence-corrected chi connectivity index (χ0v) is 8.93. The zero-order chi connectivity index (χ0) is 10.8. The maximum atomic E-state index is 10.6. The lowest BCUT2D eigenvalue weighted by Gasteiger charge is -2.17. The molecule has 1 saturated carbocycles. The van der Waals surface area contributed by atoms with Crippen molar-refractivity contribution in [1.82, 2.24) is 4.98 Å². The molecule has 0 aromatic carbocycles. The molecule has 1 aliphatic carbocycles. The fraction of sp³-hybridized carbons (Fsp3) is 0.455. The van der Waals surface area contributed by atoms with Gasteiger partial charge in [0.1, 0.15) is 5.69 Å². The van der Waals surface area contributed by atoms with Crippen molar-refractivity contribution in [3.63, 3.8) is 0 Å². The molecule has 0 N–H and O–H groups in total. The van der Waals surface area contributed by atoms with Crippen LogP contribution in [0.3, 0.4) is 0 Å². The van der Waals surface area contributed by atoms with Crippen molar-refractivity contribution >= 4 is 12.0 Å². The molecule has 0 amide bonds. The summed E-state index contributed by atoms with van der Waals surface area (Å²) < 4.78 is 5.70. The summed E-state index contributed by atoms with van der Waals surface area (Å²) in [5.41, 5.74) is 1.33. The van der Waals surface area contributed by atoms with Gasteiger partial charge in [-0.25, -0.2) is 4.98 Å². The molecule has 1 aromatic heterocycles. The smallest absolute Gasteiger partial charge is 0.168 e. The van der Waals surface area contributed by atoms with Crippen LogP contribution in [0.4, 0.5) is 5.69 Å². The molecule has 0 atom stereocenters. The normalized spacial score (nSPS) is 14.8. The molecule has 0 unspecified atom stereocenters. The van der Waals surface area contributed by atoms with Gasteiger partial charge in [-0.2, -0.15) is 0 Å². The van der Waals surface area contributed by atoms with Crippen molar-refractivity contribution in [3.05, 3.63) is 18.0 Å². The van der Waals surface area contributed by atoms with Crippen molar-refractivity contribution in [2.75, 3.05) is 19.0 Å². The third-order valence-electron chi connectivity index (χ3n) is 2.29. The largest absolute Gasteiger partial charge is 0.487 e. The Hall–Kier alpha value is -1.58. The van der Waals surface area contributed by atoms with Crippen LogP contribution >= 0.6 is 0 Å². The van der Waals surface area contributed by atoms with Crippen LogP contribution in [0.5, 0.6) is 5.75 Å². The SMILES string of the molecule is CN(C)c1cc(C=O)ncc1OC1CC1. The maximum absolute atomic E-state index is 10.6. The average Bonchev–Trinajstić information content (AvgIpc) is 3.02. The van der Waals surface area contributed by atoms with E-state index in [4.69, 9.17) is 4.74 Å². The zero-order valence-electron chi connectivity index (χ0n) is 8.93. The Balaban J connectivity index is 2.29. The monoisotopic (exact) mass is 206 g/mol. The van der Waals surface area contributed by atoms with Crippen LogP contribution in [0, 0.1) is 0 Å². The molecule has 0 bridgehead atoms. The van der Waals surface area contributed by atoms with Crippen LogP contribution in [0.25, 0.3) is 0 Å². The molecule has 15 heavy (non-hydrogen) atoms. The number of ether oxygens (including phenoxy) is 1. The lowest BCUT2D eigenvalue weighted by Crippen LogP contribution is -2.12. The minimum Gasteiger partial charge on any atom is -0.487 e. The average molecular weight is 206 g/mol. The lowest BCUT2D eigenvalue weighted by atomic mass is 10.3. The van der Waals surface area contributed by atoms with E-state index < -0.39 is 0 Å². The standard InChI is InChI=1S/C11H14N2O2/c1-13(2)10-5-8(7-14)12-6-11(10)15-9-3-4-9/h5-7,9H,3-4H2,1-2H3. The van der Waals surface area contributed by atoms with Crippen LogP contribution in [0.1, 0.15) is 23.3 Å². The maximum Gasteiger partial charge on any atom is 0.168 e. The van der Waals surface area contributed by atoms with Gasteiger partial charge >= 0.3 is 0 Å². The molecule has 0 radical (unpaired) electrons. The third kappa shape index (κ3) is 2.26. The number of rotatable bonds is 4. The Morgan fingerprint density at radius 1 is 1.53 bits per heavy atom. The number of hydrogen-bond donors (Lipinski definition) is 0. The molecule has 0 saturated heterocycles. The van der Waals surface area contributed by atoms with Crippen molar-refractivity contribution in [3.8, 4) is 5.75 Å². The van der Waals surface area contributed by atoms with Gasteiger partial charge < -0.3 is 9.64 Å². The van der Waals surface area contributed by atoms with Gasteiger partial charge in [0.05, 0.1) is 18.0 Å². The number of nitrogens with zero attached hydrogens (tertiary/aromatic N) is 2.